The zero-order valence-corrected chi connectivity index (χ0v) is 14.3. The van der Waals surface area contributed by atoms with E-state index in [0.717, 1.165) is 15.6 Å². The normalized spacial score (nSPS) is 10.5. The summed E-state index contributed by atoms with van der Waals surface area (Å²) in [5.41, 5.74) is 2.74. The van der Waals surface area contributed by atoms with E-state index < -0.39 is 0 Å². The van der Waals surface area contributed by atoms with Gasteiger partial charge in [-0.05, 0) is 46.6 Å². The van der Waals surface area contributed by atoms with Crippen LogP contribution in [0.5, 0.6) is 0 Å². The minimum Gasteiger partial charge on any atom is -0.343 e. The Hall–Kier alpha value is -2.40. The van der Waals surface area contributed by atoms with Crippen LogP contribution in [0.4, 0.5) is 5.69 Å². The van der Waals surface area contributed by atoms with Crippen LogP contribution in [0, 0.1) is 6.92 Å². The minimum absolute atomic E-state index is 0.0850. The Labute approximate surface area is 143 Å². The summed E-state index contributed by atoms with van der Waals surface area (Å²) in [5.74, 6) is -0.594. The maximum Gasteiger partial charge on any atom is 0.244 e. The molecular formula is C18H17BrN2O2. The SMILES string of the molecule is Cc1cccc(/C=C/C(=O)NCC(=O)Nc2ccccc2Br)c1. The molecule has 0 aromatic heterocycles. The number of aryl methyl sites for hydroxylation is 1. The van der Waals surface area contributed by atoms with Gasteiger partial charge in [-0.1, -0.05) is 42.0 Å². The van der Waals surface area contributed by atoms with E-state index in [0.29, 0.717) is 5.69 Å². The van der Waals surface area contributed by atoms with Gasteiger partial charge in [0.25, 0.3) is 0 Å². The average molecular weight is 373 g/mol. The number of hydrogen-bond acceptors (Lipinski definition) is 2. The van der Waals surface area contributed by atoms with Gasteiger partial charge in [-0.3, -0.25) is 9.59 Å². The van der Waals surface area contributed by atoms with E-state index in [-0.39, 0.29) is 18.4 Å². The Morgan fingerprint density at radius 1 is 1.13 bits per heavy atom. The molecule has 0 aliphatic heterocycles. The third-order valence-corrected chi connectivity index (χ3v) is 3.73. The van der Waals surface area contributed by atoms with Crippen LogP contribution in [-0.2, 0) is 9.59 Å². The van der Waals surface area contributed by atoms with Gasteiger partial charge < -0.3 is 10.6 Å². The maximum atomic E-state index is 11.8. The second-order valence-electron chi connectivity index (χ2n) is 4.99. The predicted molar refractivity (Wildman–Crippen MR) is 96.0 cm³/mol. The van der Waals surface area contributed by atoms with Crippen molar-refractivity contribution in [3.05, 3.63) is 70.2 Å². The largest absolute Gasteiger partial charge is 0.343 e. The Kier molecular flexibility index (Phi) is 6.11. The van der Waals surface area contributed by atoms with E-state index in [1.165, 1.54) is 6.08 Å². The Morgan fingerprint density at radius 2 is 1.91 bits per heavy atom. The van der Waals surface area contributed by atoms with Gasteiger partial charge in [0.05, 0.1) is 12.2 Å². The van der Waals surface area contributed by atoms with Crippen molar-refractivity contribution in [3.63, 3.8) is 0 Å². The number of hydrogen-bond donors (Lipinski definition) is 2. The van der Waals surface area contributed by atoms with E-state index in [4.69, 9.17) is 0 Å². The Bertz CT molecular complexity index is 741. The smallest absolute Gasteiger partial charge is 0.244 e. The van der Waals surface area contributed by atoms with Gasteiger partial charge in [0.1, 0.15) is 0 Å². The van der Waals surface area contributed by atoms with Crippen molar-refractivity contribution in [2.24, 2.45) is 0 Å². The van der Waals surface area contributed by atoms with Crippen molar-refractivity contribution in [1.82, 2.24) is 5.32 Å². The number of benzene rings is 2. The van der Waals surface area contributed by atoms with Crippen LogP contribution in [0.2, 0.25) is 0 Å². The van der Waals surface area contributed by atoms with Gasteiger partial charge in [0, 0.05) is 10.5 Å². The molecule has 2 rings (SSSR count). The summed E-state index contributed by atoms with van der Waals surface area (Å²) in [6.07, 6.45) is 3.13. The van der Waals surface area contributed by atoms with Crippen LogP contribution in [0.3, 0.4) is 0 Å². The number of carbonyl (C=O) groups is 2. The fourth-order valence-electron chi connectivity index (χ4n) is 1.93. The van der Waals surface area contributed by atoms with Gasteiger partial charge in [-0.2, -0.15) is 0 Å². The number of amides is 2. The fourth-order valence-corrected chi connectivity index (χ4v) is 2.31. The molecule has 0 spiro atoms. The molecule has 0 unspecified atom stereocenters. The molecule has 0 saturated carbocycles. The molecule has 2 aromatic rings. The summed E-state index contributed by atoms with van der Waals surface area (Å²) in [4.78, 5) is 23.6. The van der Waals surface area contributed by atoms with Crippen LogP contribution in [0.25, 0.3) is 6.08 Å². The van der Waals surface area contributed by atoms with E-state index in [1.54, 1.807) is 12.1 Å². The van der Waals surface area contributed by atoms with Crippen LogP contribution < -0.4 is 10.6 Å². The zero-order chi connectivity index (χ0) is 16.7. The second kappa shape index (κ2) is 8.29. The first-order valence-electron chi connectivity index (χ1n) is 7.11. The van der Waals surface area contributed by atoms with E-state index in [9.17, 15) is 9.59 Å². The molecule has 0 fully saturated rings. The minimum atomic E-state index is -0.311. The van der Waals surface area contributed by atoms with E-state index >= 15 is 0 Å². The molecule has 5 heteroatoms. The summed E-state index contributed by atoms with van der Waals surface area (Å²) >= 11 is 3.35. The summed E-state index contributed by atoms with van der Waals surface area (Å²) in [6, 6.07) is 15.1. The monoisotopic (exact) mass is 372 g/mol. The Morgan fingerprint density at radius 3 is 2.65 bits per heavy atom. The number of carbonyl (C=O) groups excluding carboxylic acids is 2. The lowest BCUT2D eigenvalue weighted by Gasteiger charge is -2.07. The number of rotatable bonds is 5. The van der Waals surface area contributed by atoms with Crippen molar-refractivity contribution in [2.45, 2.75) is 6.92 Å². The molecule has 0 radical (unpaired) electrons. The van der Waals surface area contributed by atoms with Crippen molar-refractivity contribution < 1.29 is 9.59 Å². The first-order valence-corrected chi connectivity index (χ1v) is 7.91. The van der Waals surface area contributed by atoms with Crippen molar-refractivity contribution in [2.75, 3.05) is 11.9 Å². The quantitative estimate of drug-likeness (QED) is 0.788. The molecule has 0 bridgehead atoms. The van der Waals surface area contributed by atoms with E-state index in [1.807, 2.05) is 49.4 Å². The molecule has 0 saturated heterocycles. The molecule has 118 valence electrons. The second-order valence-corrected chi connectivity index (χ2v) is 5.85. The summed E-state index contributed by atoms with van der Waals surface area (Å²) < 4.78 is 0.791. The number of nitrogens with one attached hydrogen (secondary N) is 2. The molecule has 0 atom stereocenters. The lowest BCUT2D eigenvalue weighted by molar-refractivity contribution is -0.121. The third kappa shape index (κ3) is 5.71. The molecule has 23 heavy (non-hydrogen) atoms. The predicted octanol–water partition coefficient (Wildman–Crippen LogP) is 3.53. The molecule has 0 aliphatic carbocycles. The molecule has 0 heterocycles. The average Bonchev–Trinajstić information content (AvgIpc) is 2.53. The lowest BCUT2D eigenvalue weighted by Crippen LogP contribution is -2.31. The van der Waals surface area contributed by atoms with Crippen molar-refractivity contribution in [1.29, 1.82) is 0 Å². The summed E-state index contributed by atoms with van der Waals surface area (Å²) in [5, 5.41) is 5.28. The number of anilines is 1. The fraction of sp³-hybridized carbons (Fsp3) is 0.111. The highest BCUT2D eigenvalue weighted by Gasteiger charge is 2.05. The highest BCUT2D eigenvalue weighted by atomic mass is 79.9. The topological polar surface area (TPSA) is 58.2 Å². The van der Waals surface area contributed by atoms with Gasteiger partial charge >= 0.3 is 0 Å². The third-order valence-electron chi connectivity index (χ3n) is 3.04. The standard InChI is InChI=1S/C18H17BrN2O2/c1-13-5-4-6-14(11-13)9-10-17(22)20-12-18(23)21-16-8-3-2-7-15(16)19/h2-11H,12H2,1H3,(H,20,22)(H,21,23)/b10-9+. The van der Waals surface area contributed by atoms with Crippen LogP contribution in [0.1, 0.15) is 11.1 Å². The molecule has 0 aliphatic rings. The van der Waals surface area contributed by atoms with Crippen molar-refractivity contribution in [3.8, 4) is 0 Å². The summed E-state index contributed by atoms with van der Waals surface area (Å²) in [6.45, 7) is 1.90. The van der Waals surface area contributed by atoms with Crippen LogP contribution in [-0.4, -0.2) is 18.4 Å². The molecule has 4 nitrogen and oxygen atoms in total. The molecule has 2 amide bonds. The first kappa shape index (κ1) is 17.0. The Balaban J connectivity index is 1.82. The summed E-state index contributed by atoms with van der Waals surface area (Å²) in [7, 11) is 0. The maximum absolute atomic E-state index is 11.8. The molecular weight excluding hydrogens is 356 g/mol. The first-order chi connectivity index (χ1) is 11.0. The highest BCUT2D eigenvalue weighted by Crippen LogP contribution is 2.20. The molecule has 2 aromatic carbocycles. The lowest BCUT2D eigenvalue weighted by atomic mass is 10.1. The van der Waals surface area contributed by atoms with Gasteiger partial charge in [-0.25, -0.2) is 0 Å². The van der Waals surface area contributed by atoms with Crippen LogP contribution in [0.15, 0.2) is 59.1 Å². The van der Waals surface area contributed by atoms with Gasteiger partial charge in [-0.15, -0.1) is 0 Å². The zero-order valence-electron chi connectivity index (χ0n) is 12.7. The highest BCUT2D eigenvalue weighted by molar-refractivity contribution is 9.10. The van der Waals surface area contributed by atoms with Gasteiger partial charge in [0.2, 0.25) is 11.8 Å². The van der Waals surface area contributed by atoms with E-state index in [2.05, 4.69) is 26.6 Å². The number of halogens is 1. The van der Waals surface area contributed by atoms with Gasteiger partial charge in [0.15, 0.2) is 0 Å². The van der Waals surface area contributed by atoms with Crippen molar-refractivity contribution >= 4 is 39.5 Å². The number of para-hydroxylation sites is 1. The molecule has 2 N–H and O–H groups in total. The van der Waals surface area contributed by atoms with Crippen LogP contribution >= 0.6 is 15.9 Å².